The molecule has 3 amide bonds. The van der Waals surface area contributed by atoms with Crippen LogP contribution in [0.5, 0.6) is 0 Å². The number of amides is 3. The van der Waals surface area contributed by atoms with Gasteiger partial charge in [0, 0.05) is 11.6 Å². The van der Waals surface area contributed by atoms with Crippen molar-refractivity contribution in [1.29, 1.82) is 0 Å². The Labute approximate surface area is 235 Å². The molecule has 1 aliphatic heterocycles. The summed E-state index contributed by atoms with van der Waals surface area (Å²) in [6, 6.07) is -1.36. The molecule has 2 atom stereocenters. The molecule has 0 unspecified atom stereocenters. The van der Waals surface area contributed by atoms with Gasteiger partial charge in [-0.2, -0.15) is 0 Å². The minimum atomic E-state index is -1.57. The van der Waals surface area contributed by atoms with E-state index in [1.165, 1.54) is 30.1 Å². The van der Waals surface area contributed by atoms with Crippen molar-refractivity contribution < 1.29 is 33.5 Å². The zero-order valence-electron chi connectivity index (χ0n) is 23.6. The van der Waals surface area contributed by atoms with Crippen molar-refractivity contribution in [1.82, 2.24) is 30.6 Å². The summed E-state index contributed by atoms with van der Waals surface area (Å²) in [5, 5.41) is 21.0. The largest absolute Gasteiger partial charge is 0.457 e. The van der Waals surface area contributed by atoms with Crippen LogP contribution >= 0.6 is 11.3 Å². The monoisotopic (exact) mass is 578 g/mol. The molecule has 2 aromatic rings. The smallest absolute Gasteiger partial charge is 0.413 e. The highest BCUT2D eigenvalue weighted by Crippen LogP contribution is 2.21. The quantitative estimate of drug-likeness (QED) is 0.171. The van der Waals surface area contributed by atoms with Gasteiger partial charge in [-0.1, -0.05) is 10.4 Å². The van der Waals surface area contributed by atoms with Crippen LogP contribution in [0.25, 0.3) is 0 Å². The third-order valence-corrected chi connectivity index (χ3v) is 5.74. The summed E-state index contributed by atoms with van der Waals surface area (Å²) in [5.74, 6) is -1.91. The number of hydrogen-bond acceptors (Lipinski definition) is 12. The van der Waals surface area contributed by atoms with Crippen LogP contribution in [0.15, 0.2) is 22.9 Å². The van der Waals surface area contributed by atoms with E-state index in [2.05, 4.69) is 36.4 Å². The van der Waals surface area contributed by atoms with Crippen molar-refractivity contribution in [3.8, 4) is 0 Å². The third-order valence-electron chi connectivity index (χ3n) is 4.98. The molecule has 16 heteroatoms. The predicted molar refractivity (Wildman–Crippen MR) is 143 cm³/mol. The van der Waals surface area contributed by atoms with Gasteiger partial charge in [-0.05, 0) is 55.4 Å². The number of nitrogens with one attached hydrogen (secondary N) is 3. The average molecular weight is 579 g/mol. The van der Waals surface area contributed by atoms with Crippen LogP contribution in [0.3, 0.4) is 0 Å². The second-order valence-corrected chi connectivity index (χ2v) is 12.3. The van der Waals surface area contributed by atoms with E-state index < -0.39 is 52.8 Å². The second kappa shape index (κ2) is 11.6. The van der Waals surface area contributed by atoms with Gasteiger partial charge in [-0.15, -0.1) is 16.4 Å². The fourth-order valence-electron chi connectivity index (χ4n) is 3.13. The van der Waals surface area contributed by atoms with Crippen molar-refractivity contribution >= 4 is 46.1 Å². The van der Waals surface area contributed by atoms with Crippen LogP contribution in [0.2, 0.25) is 0 Å². The summed E-state index contributed by atoms with van der Waals surface area (Å²) < 4.78 is 12.1. The van der Waals surface area contributed by atoms with Gasteiger partial charge >= 0.3 is 12.1 Å². The fourth-order valence-corrected chi connectivity index (χ4v) is 3.82. The maximum atomic E-state index is 13.4. The lowest BCUT2D eigenvalue weighted by atomic mass is 9.98. The summed E-state index contributed by atoms with van der Waals surface area (Å²) in [7, 11) is 0. The lowest BCUT2D eigenvalue weighted by Gasteiger charge is -2.36. The first-order valence-electron chi connectivity index (χ1n) is 12.3. The minimum absolute atomic E-state index is 0.0288. The summed E-state index contributed by atoms with van der Waals surface area (Å²) >= 11 is 1.01. The van der Waals surface area contributed by atoms with Gasteiger partial charge < -0.3 is 24.9 Å². The molecule has 0 radical (unpaired) electrons. The van der Waals surface area contributed by atoms with Crippen molar-refractivity contribution in [2.45, 2.75) is 90.8 Å². The molecule has 0 saturated carbocycles. The summed E-state index contributed by atoms with van der Waals surface area (Å²) in [6.07, 6.45) is 2.38. The predicted octanol–water partition coefficient (Wildman–Crippen LogP) is 1.61. The Morgan fingerprint density at radius 1 is 1.10 bits per heavy atom. The van der Waals surface area contributed by atoms with E-state index in [1.54, 1.807) is 47.7 Å². The Morgan fingerprint density at radius 2 is 1.77 bits per heavy atom. The SMILES string of the molecule is CC(C)(C)OC(=O)Nc1nc(C(=NOC(C)(C)C(=O)OC(C)(C)C)C(=O)N[C@@H]2C(=O)N[C@@H]2Cn2ccnn2)cs1. The van der Waals surface area contributed by atoms with Gasteiger partial charge in [-0.3, -0.25) is 19.6 Å². The highest BCUT2D eigenvalue weighted by atomic mass is 32.1. The molecule has 218 valence electrons. The van der Waals surface area contributed by atoms with Crippen molar-refractivity contribution in [3.63, 3.8) is 0 Å². The maximum Gasteiger partial charge on any atom is 0.413 e. The second-order valence-electron chi connectivity index (χ2n) is 11.4. The Balaban J connectivity index is 1.83. The van der Waals surface area contributed by atoms with Gasteiger partial charge in [0.2, 0.25) is 11.5 Å². The first kappa shape index (κ1) is 30.5. The molecule has 2 aromatic heterocycles. The van der Waals surface area contributed by atoms with Crippen molar-refractivity contribution in [3.05, 3.63) is 23.5 Å². The van der Waals surface area contributed by atoms with Gasteiger partial charge in [0.05, 0.1) is 18.8 Å². The lowest BCUT2D eigenvalue weighted by molar-refractivity contribution is -0.179. The van der Waals surface area contributed by atoms with E-state index in [-0.39, 0.29) is 23.1 Å². The number of ether oxygens (including phenoxy) is 2. The number of rotatable bonds is 9. The lowest BCUT2D eigenvalue weighted by Crippen LogP contribution is -2.70. The van der Waals surface area contributed by atoms with E-state index >= 15 is 0 Å². The molecule has 0 aromatic carbocycles. The normalized spacial score (nSPS) is 17.8. The fraction of sp³-hybridized carbons (Fsp3) is 0.583. The summed E-state index contributed by atoms with van der Waals surface area (Å²) in [5.41, 5.74) is -3.39. The highest BCUT2D eigenvalue weighted by molar-refractivity contribution is 7.14. The third kappa shape index (κ3) is 8.46. The number of anilines is 1. The molecule has 3 N–H and O–H groups in total. The topological polar surface area (TPSA) is 188 Å². The highest BCUT2D eigenvalue weighted by Gasteiger charge is 2.42. The summed E-state index contributed by atoms with van der Waals surface area (Å²) in [4.78, 5) is 60.2. The first-order valence-corrected chi connectivity index (χ1v) is 13.2. The Bertz CT molecular complexity index is 1270. The number of aromatic nitrogens is 4. The molecule has 15 nitrogen and oxygen atoms in total. The minimum Gasteiger partial charge on any atom is -0.457 e. The first-order chi connectivity index (χ1) is 18.4. The number of oxime groups is 1. The van der Waals surface area contributed by atoms with Crippen molar-refractivity contribution in [2.75, 3.05) is 5.32 Å². The van der Waals surface area contributed by atoms with Gasteiger partial charge in [0.15, 0.2) is 10.8 Å². The van der Waals surface area contributed by atoms with Gasteiger partial charge in [0.25, 0.3) is 5.91 Å². The van der Waals surface area contributed by atoms with E-state index in [1.807, 2.05) is 0 Å². The number of carbonyl (C=O) groups is 4. The van der Waals surface area contributed by atoms with E-state index in [9.17, 15) is 19.2 Å². The number of β-lactam (4-membered cyclic amide) rings is 1. The van der Waals surface area contributed by atoms with Crippen LogP contribution in [-0.4, -0.2) is 78.5 Å². The number of hydrogen-bond donors (Lipinski definition) is 3. The van der Waals surface area contributed by atoms with Crippen LogP contribution in [-0.2, 0) is 35.2 Å². The molecule has 1 aliphatic rings. The molecule has 0 aliphatic carbocycles. The molecule has 40 heavy (non-hydrogen) atoms. The zero-order chi connectivity index (χ0) is 29.9. The standard InChI is InChI=1S/C24H34N8O7S/c1-22(2,3)37-19(35)24(7,8)39-30-16(14-12-40-20(27-14)29-21(36)38-23(4,5)6)18(34)28-15-13(26-17(15)33)11-32-10-9-25-31-32/h9-10,12-13,15H,11H2,1-8H3,(H,26,33)(H,28,34)(H,27,29,36)/t13-,15+/m1/s1. The molecule has 0 spiro atoms. The molecular weight excluding hydrogens is 544 g/mol. The maximum absolute atomic E-state index is 13.4. The molecule has 3 heterocycles. The number of thiazole rings is 1. The van der Waals surface area contributed by atoms with Crippen LogP contribution in [0, 0.1) is 0 Å². The molecular formula is C24H34N8O7S. The van der Waals surface area contributed by atoms with Crippen LogP contribution < -0.4 is 16.0 Å². The zero-order valence-corrected chi connectivity index (χ0v) is 24.4. The van der Waals surface area contributed by atoms with Crippen LogP contribution in [0.4, 0.5) is 9.93 Å². The number of esters is 1. The molecule has 0 bridgehead atoms. The molecule has 1 saturated heterocycles. The number of carbonyl (C=O) groups excluding carboxylic acids is 4. The average Bonchev–Trinajstić information content (AvgIpc) is 3.47. The van der Waals surface area contributed by atoms with Gasteiger partial charge in [-0.25, -0.2) is 14.6 Å². The van der Waals surface area contributed by atoms with Crippen molar-refractivity contribution in [2.24, 2.45) is 5.16 Å². The Morgan fingerprint density at radius 3 is 2.35 bits per heavy atom. The van der Waals surface area contributed by atoms with E-state index in [0.717, 1.165) is 11.3 Å². The number of nitrogens with zero attached hydrogens (tertiary/aromatic N) is 5. The van der Waals surface area contributed by atoms with Crippen LogP contribution in [0.1, 0.15) is 61.1 Å². The Hall–Kier alpha value is -4.08. The molecule has 3 rings (SSSR count). The Kier molecular flexibility index (Phi) is 8.81. The summed E-state index contributed by atoms with van der Waals surface area (Å²) in [6.45, 7) is 13.4. The molecule has 1 fully saturated rings. The van der Waals surface area contributed by atoms with E-state index in [4.69, 9.17) is 14.3 Å². The van der Waals surface area contributed by atoms with Gasteiger partial charge in [0.1, 0.15) is 22.9 Å². The van der Waals surface area contributed by atoms with E-state index in [0.29, 0.717) is 0 Å².